The van der Waals surface area contributed by atoms with Gasteiger partial charge < -0.3 is 10.2 Å². The number of aliphatic hydroxyl groups excluding tert-OH is 1. The lowest BCUT2D eigenvalue weighted by Crippen LogP contribution is -2.47. The Morgan fingerprint density at radius 2 is 1.62 bits per heavy atom. The van der Waals surface area contributed by atoms with Crippen LogP contribution in [0, 0.1) is 0 Å². The molecule has 2 saturated carbocycles. The van der Waals surface area contributed by atoms with Crippen molar-refractivity contribution >= 4 is 0 Å². The number of hydrogen-bond acceptors (Lipinski definition) is 4. The Balaban J connectivity index is 1.78. The molecule has 0 spiro atoms. The molecule has 94 valence electrons. The largest absolute Gasteiger partial charge is 0.387 e. The third-order valence-electron chi connectivity index (χ3n) is 3.66. The molecular weight excluding hydrogens is 208 g/mol. The second-order valence-corrected chi connectivity index (χ2v) is 5.05. The molecule has 0 bridgehead atoms. The molecule has 0 aromatic rings. The average Bonchev–Trinajstić information content (AvgIpc) is 2.32. The molecular formula is C12H22O4. The lowest BCUT2D eigenvalue weighted by atomic mass is 9.92. The molecule has 2 aliphatic carbocycles. The highest BCUT2D eigenvalue weighted by atomic mass is 17.2. The molecule has 2 aliphatic rings. The van der Waals surface area contributed by atoms with Crippen molar-refractivity contribution in [3.05, 3.63) is 0 Å². The van der Waals surface area contributed by atoms with Gasteiger partial charge in [0.15, 0.2) is 0 Å². The zero-order valence-corrected chi connectivity index (χ0v) is 9.73. The highest BCUT2D eigenvalue weighted by Crippen LogP contribution is 2.31. The van der Waals surface area contributed by atoms with E-state index in [2.05, 4.69) is 0 Å². The first kappa shape index (κ1) is 12.3. The molecule has 2 atom stereocenters. The lowest BCUT2D eigenvalue weighted by molar-refractivity contribution is -0.460. The van der Waals surface area contributed by atoms with Crippen molar-refractivity contribution in [2.45, 2.75) is 75.8 Å². The molecule has 2 unspecified atom stereocenters. The second kappa shape index (κ2) is 5.45. The maximum absolute atomic E-state index is 10.1. The molecule has 2 rings (SSSR count). The first-order chi connectivity index (χ1) is 7.71. The fourth-order valence-corrected chi connectivity index (χ4v) is 2.52. The first-order valence-corrected chi connectivity index (χ1v) is 6.46. The number of aliphatic hydroxyl groups is 2. The van der Waals surface area contributed by atoms with Crippen LogP contribution in [0.5, 0.6) is 0 Å². The summed E-state index contributed by atoms with van der Waals surface area (Å²) < 4.78 is 0. The van der Waals surface area contributed by atoms with E-state index >= 15 is 0 Å². The minimum absolute atomic E-state index is 0.0897. The minimum Gasteiger partial charge on any atom is -0.387 e. The highest BCUT2D eigenvalue weighted by molar-refractivity contribution is 4.81. The Bertz CT molecular complexity index is 215. The molecule has 0 radical (unpaired) electrons. The van der Waals surface area contributed by atoms with Crippen molar-refractivity contribution in [2.75, 3.05) is 0 Å². The molecule has 0 amide bonds. The summed E-state index contributed by atoms with van der Waals surface area (Å²) in [6, 6.07) is 0. The second-order valence-electron chi connectivity index (χ2n) is 5.05. The zero-order valence-electron chi connectivity index (χ0n) is 9.73. The van der Waals surface area contributed by atoms with E-state index in [1.807, 2.05) is 0 Å². The van der Waals surface area contributed by atoms with E-state index in [0.29, 0.717) is 12.8 Å². The van der Waals surface area contributed by atoms with Crippen LogP contribution in [0.15, 0.2) is 0 Å². The maximum Gasteiger partial charge on any atom is 0.225 e. The summed E-state index contributed by atoms with van der Waals surface area (Å²) in [4.78, 5) is 10.4. The summed E-state index contributed by atoms with van der Waals surface area (Å²) in [5.41, 5.74) is 0. The van der Waals surface area contributed by atoms with Crippen LogP contribution >= 0.6 is 0 Å². The van der Waals surface area contributed by atoms with E-state index in [1.165, 1.54) is 6.42 Å². The van der Waals surface area contributed by atoms with Crippen LogP contribution in [-0.4, -0.2) is 28.2 Å². The van der Waals surface area contributed by atoms with Gasteiger partial charge in [0.2, 0.25) is 5.79 Å². The molecule has 0 aromatic heterocycles. The summed E-state index contributed by atoms with van der Waals surface area (Å²) in [5, 5.41) is 19.8. The molecule has 4 heteroatoms. The van der Waals surface area contributed by atoms with Crippen LogP contribution in [0.2, 0.25) is 0 Å². The van der Waals surface area contributed by atoms with Gasteiger partial charge >= 0.3 is 0 Å². The van der Waals surface area contributed by atoms with Crippen molar-refractivity contribution < 1.29 is 20.0 Å². The van der Waals surface area contributed by atoms with E-state index < -0.39 is 11.9 Å². The maximum atomic E-state index is 10.1. The van der Waals surface area contributed by atoms with Crippen LogP contribution in [0.4, 0.5) is 0 Å². The Hall–Kier alpha value is -0.160. The van der Waals surface area contributed by atoms with Gasteiger partial charge in [-0.1, -0.05) is 25.7 Å². The minimum atomic E-state index is -1.48. The van der Waals surface area contributed by atoms with Crippen LogP contribution in [0.3, 0.4) is 0 Å². The van der Waals surface area contributed by atoms with Crippen molar-refractivity contribution in [3.8, 4) is 0 Å². The van der Waals surface area contributed by atoms with Gasteiger partial charge in [0.1, 0.15) is 6.10 Å². The van der Waals surface area contributed by atoms with E-state index in [1.54, 1.807) is 0 Å². The van der Waals surface area contributed by atoms with Gasteiger partial charge in [0.05, 0.1) is 6.10 Å². The molecule has 0 heterocycles. The SMILES string of the molecule is OC1CCCCC1(O)OOC1CCCCC1. The number of hydrogen-bond donors (Lipinski definition) is 2. The fraction of sp³-hybridized carbons (Fsp3) is 1.00. The third kappa shape index (κ3) is 2.94. The molecule has 2 N–H and O–H groups in total. The molecule has 16 heavy (non-hydrogen) atoms. The predicted molar refractivity (Wildman–Crippen MR) is 58.5 cm³/mol. The zero-order chi connectivity index (χ0) is 11.4. The van der Waals surface area contributed by atoms with Crippen molar-refractivity contribution in [3.63, 3.8) is 0 Å². The third-order valence-corrected chi connectivity index (χ3v) is 3.66. The van der Waals surface area contributed by atoms with Crippen molar-refractivity contribution in [1.82, 2.24) is 0 Å². The average molecular weight is 230 g/mol. The molecule has 0 aromatic carbocycles. The standard InChI is InChI=1S/C12H22O4/c13-11-8-4-5-9-12(11,14)16-15-10-6-2-1-3-7-10/h10-11,13-14H,1-9H2. The van der Waals surface area contributed by atoms with E-state index in [9.17, 15) is 10.2 Å². The van der Waals surface area contributed by atoms with Crippen LogP contribution in [0.25, 0.3) is 0 Å². The first-order valence-electron chi connectivity index (χ1n) is 6.46. The van der Waals surface area contributed by atoms with Gasteiger partial charge in [-0.05, 0) is 25.7 Å². The van der Waals surface area contributed by atoms with Gasteiger partial charge in [0.25, 0.3) is 0 Å². The fourth-order valence-electron chi connectivity index (χ4n) is 2.52. The van der Waals surface area contributed by atoms with Crippen LogP contribution < -0.4 is 0 Å². The normalized spacial score (nSPS) is 37.5. The Labute approximate surface area is 96.5 Å². The van der Waals surface area contributed by atoms with Gasteiger partial charge in [-0.3, -0.25) is 0 Å². The van der Waals surface area contributed by atoms with Crippen molar-refractivity contribution in [1.29, 1.82) is 0 Å². The summed E-state index contributed by atoms with van der Waals surface area (Å²) in [6.07, 6.45) is 7.70. The lowest BCUT2D eigenvalue weighted by Gasteiger charge is -2.36. The quantitative estimate of drug-likeness (QED) is 0.441. The summed E-state index contributed by atoms with van der Waals surface area (Å²) in [5.74, 6) is -1.48. The number of rotatable bonds is 3. The summed E-state index contributed by atoms with van der Waals surface area (Å²) in [7, 11) is 0. The van der Waals surface area contributed by atoms with Crippen molar-refractivity contribution in [2.24, 2.45) is 0 Å². The summed E-state index contributed by atoms with van der Waals surface area (Å²) >= 11 is 0. The van der Waals surface area contributed by atoms with Crippen LogP contribution in [0.1, 0.15) is 57.8 Å². The van der Waals surface area contributed by atoms with Gasteiger partial charge in [0, 0.05) is 6.42 Å². The van der Waals surface area contributed by atoms with E-state index in [-0.39, 0.29) is 6.10 Å². The smallest absolute Gasteiger partial charge is 0.225 e. The van der Waals surface area contributed by atoms with Gasteiger partial charge in [-0.25, -0.2) is 4.89 Å². The molecule has 0 saturated heterocycles. The Kier molecular flexibility index (Phi) is 4.19. The predicted octanol–water partition coefficient (Wildman–Crippen LogP) is 1.89. The van der Waals surface area contributed by atoms with E-state index in [0.717, 1.165) is 38.5 Å². The Morgan fingerprint density at radius 3 is 2.31 bits per heavy atom. The molecule has 2 fully saturated rings. The summed E-state index contributed by atoms with van der Waals surface area (Å²) in [6.45, 7) is 0. The van der Waals surface area contributed by atoms with Gasteiger partial charge in [-0.2, -0.15) is 4.89 Å². The topological polar surface area (TPSA) is 58.9 Å². The molecule has 0 aliphatic heterocycles. The molecule has 4 nitrogen and oxygen atoms in total. The Morgan fingerprint density at radius 1 is 0.938 bits per heavy atom. The van der Waals surface area contributed by atoms with Crippen LogP contribution in [-0.2, 0) is 9.78 Å². The van der Waals surface area contributed by atoms with E-state index in [4.69, 9.17) is 9.78 Å². The van der Waals surface area contributed by atoms with Gasteiger partial charge in [-0.15, -0.1) is 0 Å². The highest BCUT2D eigenvalue weighted by Gasteiger charge is 2.41. The monoisotopic (exact) mass is 230 g/mol.